The van der Waals surface area contributed by atoms with Gasteiger partial charge in [0.15, 0.2) is 5.65 Å². The van der Waals surface area contributed by atoms with Crippen LogP contribution in [0.2, 0.25) is 0 Å². The van der Waals surface area contributed by atoms with Crippen molar-refractivity contribution in [3.8, 4) is 23.1 Å². The third-order valence-electron chi connectivity index (χ3n) is 5.61. The number of H-pyrrole nitrogens is 1. The van der Waals surface area contributed by atoms with E-state index in [1.165, 1.54) is 4.57 Å². The zero-order valence-corrected chi connectivity index (χ0v) is 15.7. The summed E-state index contributed by atoms with van der Waals surface area (Å²) < 4.78 is 13.4. The van der Waals surface area contributed by atoms with E-state index in [-0.39, 0.29) is 11.1 Å². The van der Waals surface area contributed by atoms with Gasteiger partial charge in [0.05, 0.1) is 24.7 Å². The largest absolute Gasteiger partial charge is 0.492 e. The fourth-order valence-electron chi connectivity index (χ4n) is 3.97. The molecule has 1 aliphatic heterocycles. The van der Waals surface area contributed by atoms with Crippen LogP contribution in [0, 0.1) is 6.92 Å². The van der Waals surface area contributed by atoms with Crippen molar-refractivity contribution < 1.29 is 9.47 Å². The van der Waals surface area contributed by atoms with Gasteiger partial charge in [0.25, 0.3) is 0 Å². The molecule has 0 radical (unpaired) electrons. The fraction of sp³-hybridized carbons (Fsp3) is 0.238. The normalized spacial score (nSPS) is 16.0. The van der Waals surface area contributed by atoms with Gasteiger partial charge in [-0.1, -0.05) is 6.07 Å². The highest BCUT2D eigenvalue weighted by molar-refractivity contribution is 5.71. The molecule has 29 heavy (non-hydrogen) atoms. The fourth-order valence-corrected chi connectivity index (χ4v) is 3.97. The summed E-state index contributed by atoms with van der Waals surface area (Å²) in [6.07, 6.45) is 5.45. The number of hydrogen-bond donors (Lipinski definition) is 1. The molecular weight excluding hydrogens is 370 g/mol. The number of fused-ring (bicyclic) bond motifs is 3. The lowest BCUT2D eigenvalue weighted by atomic mass is 9.97. The third-order valence-corrected chi connectivity index (χ3v) is 5.61. The molecule has 3 aromatic heterocycles. The summed E-state index contributed by atoms with van der Waals surface area (Å²) >= 11 is 0. The van der Waals surface area contributed by atoms with E-state index in [4.69, 9.17) is 9.47 Å². The molecule has 0 bridgehead atoms. The highest BCUT2D eigenvalue weighted by Gasteiger charge is 2.52. The van der Waals surface area contributed by atoms with Crippen molar-refractivity contribution in [2.24, 2.45) is 0 Å². The van der Waals surface area contributed by atoms with Crippen molar-refractivity contribution in [2.75, 3.05) is 6.61 Å². The maximum absolute atomic E-state index is 12.4. The second-order valence-electron chi connectivity index (χ2n) is 7.58. The first-order chi connectivity index (χ1) is 14.1. The number of aromatic nitrogens is 5. The Bertz CT molecular complexity index is 1320. The smallest absolute Gasteiger partial charge is 0.332 e. The minimum Gasteiger partial charge on any atom is -0.492 e. The lowest BCUT2D eigenvalue weighted by Crippen LogP contribution is -2.15. The molecule has 0 atom stereocenters. The molecule has 1 N–H and O–H groups in total. The minimum atomic E-state index is -0.288. The molecule has 1 saturated carbocycles. The molecule has 144 valence electrons. The number of benzene rings is 1. The number of hydrogen-bond acceptors (Lipinski definition) is 6. The summed E-state index contributed by atoms with van der Waals surface area (Å²) in [5.41, 5.74) is 2.67. The monoisotopic (exact) mass is 387 g/mol. The van der Waals surface area contributed by atoms with E-state index in [0.717, 1.165) is 36.5 Å². The topological polar surface area (TPSA) is 94.9 Å². The van der Waals surface area contributed by atoms with E-state index in [2.05, 4.69) is 19.9 Å². The minimum absolute atomic E-state index is 0.112. The van der Waals surface area contributed by atoms with Crippen LogP contribution in [0.3, 0.4) is 0 Å². The first-order valence-corrected chi connectivity index (χ1v) is 9.48. The lowest BCUT2D eigenvalue weighted by molar-refractivity contribution is 0.323. The molecule has 6 rings (SSSR count). The summed E-state index contributed by atoms with van der Waals surface area (Å²) in [6, 6.07) is 9.41. The van der Waals surface area contributed by atoms with Crippen molar-refractivity contribution in [1.29, 1.82) is 0 Å². The van der Waals surface area contributed by atoms with Crippen molar-refractivity contribution in [1.82, 2.24) is 24.5 Å². The van der Waals surface area contributed by atoms with Crippen LogP contribution in [-0.2, 0) is 5.41 Å². The van der Waals surface area contributed by atoms with Gasteiger partial charge in [-0.3, -0.25) is 0 Å². The Hall–Kier alpha value is -3.68. The van der Waals surface area contributed by atoms with Crippen LogP contribution in [0.4, 0.5) is 0 Å². The van der Waals surface area contributed by atoms with Crippen LogP contribution in [0.15, 0.2) is 47.5 Å². The summed E-state index contributed by atoms with van der Waals surface area (Å²) in [4.78, 5) is 28.1. The summed E-state index contributed by atoms with van der Waals surface area (Å²) in [5.74, 6) is 2.73. The summed E-state index contributed by atoms with van der Waals surface area (Å²) in [7, 11) is 0. The van der Waals surface area contributed by atoms with Gasteiger partial charge in [0.1, 0.15) is 22.8 Å². The maximum atomic E-state index is 12.4. The Balaban J connectivity index is 1.36. The Morgan fingerprint density at radius 3 is 2.86 bits per heavy atom. The van der Waals surface area contributed by atoms with Crippen LogP contribution in [0.25, 0.3) is 16.9 Å². The van der Waals surface area contributed by atoms with Gasteiger partial charge in [-0.25, -0.2) is 24.3 Å². The third kappa shape index (κ3) is 2.45. The van der Waals surface area contributed by atoms with Crippen molar-refractivity contribution in [3.05, 3.63) is 64.6 Å². The predicted molar refractivity (Wildman–Crippen MR) is 105 cm³/mol. The Morgan fingerprint density at radius 2 is 2.07 bits per heavy atom. The zero-order valence-electron chi connectivity index (χ0n) is 15.7. The van der Waals surface area contributed by atoms with Crippen molar-refractivity contribution >= 4 is 11.2 Å². The number of nitrogens with zero attached hydrogens (tertiary/aromatic N) is 4. The molecule has 4 aromatic rings. The van der Waals surface area contributed by atoms with Crippen LogP contribution in [-0.4, -0.2) is 31.1 Å². The van der Waals surface area contributed by atoms with E-state index in [9.17, 15) is 4.79 Å². The predicted octanol–water partition coefficient (Wildman–Crippen LogP) is 3.03. The molecular formula is C21H17N5O3. The van der Waals surface area contributed by atoms with Gasteiger partial charge in [-0.15, -0.1) is 0 Å². The average Bonchev–Trinajstić information content (AvgIpc) is 3.30. The number of imidazole rings is 1. The van der Waals surface area contributed by atoms with Gasteiger partial charge in [-0.05, 0) is 38.0 Å². The van der Waals surface area contributed by atoms with Crippen LogP contribution >= 0.6 is 0 Å². The average molecular weight is 387 g/mol. The zero-order chi connectivity index (χ0) is 19.6. The van der Waals surface area contributed by atoms with Crippen molar-refractivity contribution in [2.45, 2.75) is 25.2 Å². The van der Waals surface area contributed by atoms with Gasteiger partial charge in [0.2, 0.25) is 5.88 Å². The van der Waals surface area contributed by atoms with Crippen LogP contribution < -0.4 is 15.2 Å². The number of aryl methyl sites for hydroxylation is 1. The highest BCUT2D eigenvalue weighted by atomic mass is 16.5. The Labute approximate surface area is 165 Å². The SMILES string of the molecule is Cc1ncc2[nH]c(=O)n(-c3ccc(Oc4cccc5c4C4(CC4)CO5)nc3)c2n1. The molecule has 0 saturated heterocycles. The van der Waals surface area contributed by atoms with Gasteiger partial charge < -0.3 is 14.5 Å². The van der Waals surface area contributed by atoms with Gasteiger partial charge in [0, 0.05) is 17.0 Å². The second-order valence-corrected chi connectivity index (χ2v) is 7.58. The summed E-state index contributed by atoms with van der Waals surface area (Å²) in [6.45, 7) is 2.50. The number of nitrogens with one attached hydrogen (secondary N) is 1. The molecule has 8 nitrogen and oxygen atoms in total. The van der Waals surface area contributed by atoms with Gasteiger partial charge >= 0.3 is 5.69 Å². The van der Waals surface area contributed by atoms with E-state index in [1.54, 1.807) is 31.5 Å². The standard InChI is InChI=1S/C21H17N5O3/c1-12-22-10-14-19(24-12)26(20(27)25-14)13-5-6-17(23-9-13)29-16-4-2-3-15-18(16)21(7-8-21)11-28-15/h2-6,9-10H,7-8,11H2,1H3,(H,25,27). The molecule has 2 aliphatic rings. The second kappa shape index (κ2) is 5.66. The maximum Gasteiger partial charge on any atom is 0.332 e. The van der Waals surface area contributed by atoms with E-state index >= 15 is 0 Å². The van der Waals surface area contributed by atoms with Crippen LogP contribution in [0.5, 0.6) is 17.4 Å². The number of rotatable bonds is 3. The van der Waals surface area contributed by atoms with Crippen LogP contribution in [0.1, 0.15) is 24.2 Å². The molecule has 0 amide bonds. The van der Waals surface area contributed by atoms with E-state index in [0.29, 0.717) is 28.6 Å². The summed E-state index contributed by atoms with van der Waals surface area (Å²) in [5, 5.41) is 0. The molecule has 1 aromatic carbocycles. The Kier molecular flexibility index (Phi) is 3.18. The van der Waals surface area contributed by atoms with Gasteiger partial charge in [-0.2, -0.15) is 0 Å². The molecule has 1 aliphatic carbocycles. The Morgan fingerprint density at radius 1 is 1.17 bits per heavy atom. The molecule has 0 unspecified atom stereocenters. The molecule has 1 fully saturated rings. The highest BCUT2D eigenvalue weighted by Crippen LogP contribution is 2.58. The number of ether oxygens (including phenoxy) is 2. The van der Waals surface area contributed by atoms with Crippen molar-refractivity contribution in [3.63, 3.8) is 0 Å². The number of pyridine rings is 1. The van der Waals surface area contributed by atoms with E-state index < -0.39 is 0 Å². The number of aromatic amines is 1. The molecule has 4 heterocycles. The molecule has 8 heteroatoms. The first kappa shape index (κ1) is 16.3. The quantitative estimate of drug-likeness (QED) is 0.581. The molecule has 1 spiro atoms. The lowest BCUT2D eigenvalue weighted by Gasteiger charge is -2.12. The van der Waals surface area contributed by atoms with E-state index in [1.807, 2.05) is 18.2 Å². The first-order valence-electron chi connectivity index (χ1n) is 9.48.